The van der Waals surface area contributed by atoms with Gasteiger partial charge in [0.25, 0.3) is 0 Å². The van der Waals surface area contributed by atoms with Crippen LogP contribution in [0.4, 0.5) is 0 Å². The molecule has 2 aromatic rings. The predicted octanol–water partition coefficient (Wildman–Crippen LogP) is 3.51. The molecule has 150 valence electrons. The summed E-state index contributed by atoms with van der Waals surface area (Å²) >= 11 is 2.10. The summed E-state index contributed by atoms with van der Waals surface area (Å²) in [5, 5.41) is 16.3. The fourth-order valence-corrected chi connectivity index (χ4v) is 4.74. The Morgan fingerprint density at radius 2 is 2.22 bits per heavy atom. The van der Waals surface area contributed by atoms with Crippen LogP contribution in [0.25, 0.3) is 5.65 Å². The van der Waals surface area contributed by atoms with E-state index >= 15 is 0 Å². The lowest BCUT2D eigenvalue weighted by Gasteiger charge is -2.30. The van der Waals surface area contributed by atoms with Gasteiger partial charge < -0.3 is 10.6 Å². The van der Waals surface area contributed by atoms with Crippen LogP contribution in [-0.2, 0) is 6.42 Å². The molecule has 2 N–H and O–H groups in total. The SMILES string of the molecule is CCSC1CCCC(NC(=NC)NCCCc2nnc3ccccn23)C1.I. The molecule has 2 atom stereocenters. The van der Waals surface area contributed by atoms with Crippen molar-refractivity contribution in [1.82, 2.24) is 25.2 Å². The molecule has 0 saturated heterocycles. The second-order valence-electron chi connectivity index (χ2n) is 6.73. The number of guanidine groups is 1. The van der Waals surface area contributed by atoms with E-state index in [9.17, 15) is 0 Å². The summed E-state index contributed by atoms with van der Waals surface area (Å²) in [6, 6.07) is 6.52. The van der Waals surface area contributed by atoms with Crippen molar-refractivity contribution in [1.29, 1.82) is 0 Å². The average Bonchev–Trinajstić information content (AvgIpc) is 3.08. The Morgan fingerprint density at radius 1 is 1.33 bits per heavy atom. The van der Waals surface area contributed by atoms with Crippen molar-refractivity contribution in [3.8, 4) is 0 Å². The maximum absolute atomic E-state index is 4.39. The number of nitrogens with one attached hydrogen (secondary N) is 2. The third-order valence-electron chi connectivity index (χ3n) is 4.85. The lowest BCUT2D eigenvalue weighted by atomic mass is 9.95. The Bertz CT molecular complexity index is 717. The van der Waals surface area contributed by atoms with E-state index in [-0.39, 0.29) is 24.0 Å². The van der Waals surface area contributed by atoms with Crippen molar-refractivity contribution in [2.75, 3.05) is 19.3 Å². The third kappa shape index (κ3) is 6.51. The van der Waals surface area contributed by atoms with Crippen molar-refractivity contribution in [3.05, 3.63) is 30.2 Å². The summed E-state index contributed by atoms with van der Waals surface area (Å²) in [7, 11) is 1.85. The van der Waals surface area contributed by atoms with E-state index in [1.54, 1.807) is 0 Å². The van der Waals surface area contributed by atoms with Gasteiger partial charge in [-0.3, -0.25) is 9.39 Å². The van der Waals surface area contributed by atoms with Crippen molar-refractivity contribution in [2.24, 2.45) is 4.99 Å². The molecular formula is C19H31IN6S. The maximum atomic E-state index is 4.39. The molecule has 1 fully saturated rings. The number of fused-ring (bicyclic) bond motifs is 1. The van der Waals surface area contributed by atoms with Crippen molar-refractivity contribution < 1.29 is 0 Å². The maximum Gasteiger partial charge on any atom is 0.191 e. The fraction of sp³-hybridized carbons (Fsp3) is 0.632. The Kier molecular flexibility index (Phi) is 9.67. The summed E-state index contributed by atoms with van der Waals surface area (Å²) in [6.45, 7) is 3.13. The number of rotatable bonds is 7. The molecule has 0 amide bonds. The van der Waals surface area contributed by atoms with Crippen molar-refractivity contribution in [3.63, 3.8) is 0 Å². The molecule has 2 heterocycles. The van der Waals surface area contributed by atoms with E-state index in [4.69, 9.17) is 0 Å². The summed E-state index contributed by atoms with van der Waals surface area (Å²) in [5.41, 5.74) is 0.907. The quantitative estimate of drug-likeness (QED) is 0.263. The summed E-state index contributed by atoms with van der Waals surface area (Å²) < 4.78 is 2.06. The van der Waals surface area contributed by atoms with Gasteiger partial charge in [0, 0.05) is 37.5 Å². The molecule has 0 radical (unpaired) electrons. The number of hydrogen-bond donors (Lipinski definition) is 2. The lowest BCUT2D eigenvalue weighted by molar-refractivity contribution is 0.418. The highest BCUT2D eigenvalue weighted by molar-refractivity contribution is 14.0. The summed E-state index contributed by atoms with van der Waals surface area (Å²) in [6.07, 6.45) is 9.06. The number of hydrogen-bond acceptors (Lipinski definition) is 4. The minimum absolute atomic E-state index is 0. The van der Waals surface area contributed by atoms with Crippen LogP contribution < -0.4 is 10.6 Å². The van der Waals surface area contributed by atoms with E-state index < -0.39 is 0 Å². The summed E-state index contributed by atoms with van der Waals surface area (Å²) in [5.74, 6) is 3.14. The zero-order valence-electron chi connectivity index (χ0n) is 16.2. The van der Waals surface area contributed by atoms with Gasteiger partial charge in [-0.25, -0.2) is 0 Å². The monoisotopic (exact) mass is 502 g/mol. The number of thioether (sulfide) groups is 1. The molecule has 6 nitrogen and oxygen atoms in total. The first kappa shape index (κ1) is 22.3. The number of aliphatic imine (C=N–C) groups is 1. The second-order valence-corrected chi connectivity index (χ2v) is 8.31. The molecule has 2 aromatic heterocycles. The Labute approximate surface area is 183 Å². The molecule has 0 aromatic carbocycles. The van der Waals surface area contributed by atoms with E-state index in [1.165, 1.54) is 31.4 Å². The molecule has 1 saturated carbocycles. The smallest absolute Gasteiger partial charge is 0.191 e. The van der Waals surface area contributed by atoms with Crippen molar-refractivity contribution in [2.45, 2.75) is 56.7 Å². The van der Waals surface area contributed by atoms with Crippen LogP contribution in [0, 0.1) is 0 Å². The van der Waals surface area contributed by atoms with Gasteiger partial charge in [-0.2, -0.15) is 11.8 Å². The van der Waals surface area contributed by atoms with Gasteiger partial charge in [-0.1, -0.05) is 19.4 Å². The topological polar surface area (TPSA) is 66.6 Å². The zero-order chi connectivity index (χ0) is 18.2. The first-order valence-corrected chi connectivity index (χ1v) is 10.7. The molecule has 8 heteroatoms. The minimum atomic E-state index is 0. The number of aryl methyl sites for hydroxylation is 1. The normalized spacial score (nSPS) is 20.3. The van der Waals surface area contributed by atoms with Gasteiger partial charge in [-0.05, 0) is 43.6 Å². The van der Waals surface area contributed by atoms with Crippen LogP contribution in [-0.4, -0.2) is 51.2 Å². The van der Waals surface area contributed by atoms with Crippen molar-refractivity contribution >= 4 is 47.3 Å². The molecule has 0 spiro atoms. The number of aromatic nitrogens is 3. The zero-order valence-corrected chi connectivity index (χ0v) is 19.4. The van der Waals surface area contributed by atoms with Gasteiger partial charge in [0.15, 0.2) is 11.6 Å². The Hall–Kier alpha value is -1.03. The fourth-order valence-electron chi connectivity index (χ4n) is 3.57. The number of nitrogens with zero attached hydrogens (tertiary/aromatic N) is 4. The molecule has 1 aliphatic rings. The van der Waals surface area contributed by atoms with E-state index in [0.29, 0.717) is 6.04 Å². The Balaban J connectivity index is 0.00000261. The molecule has 27 heavy (non-hydrogen) atoms. The van der Waals surface area contributed by atoms with E-state index in [0.717, 1.165) is 42.1 Å². The van der Waals surface area contributed by atoms with Crippen LogP contribution >= 0.6 is 35.7 Å². The first-order chi connectivity index (χ1) is 12.8. The molecular weight excluding hydrogens is 471 g/mol. The average molecular weight is 502 g/mol. The third-order valence-corrected chi connectivity index (χ3v) is 6.08. The summed E-state index contributed by atoms with van der Waals surface area (Å²) in [4.78, 5) is 4.39. The highest BCUT2D eigenvalue weighted by atomic mass is 127. The van der Waals surface area contributed by atoms with E-state index in [1.807, 2.05) is 31.4 Å². The van der Waals surface area contributed by atoms with Crippen LogP contribution in [0.2, 0.25) is 0 Å². The standard InChI is InChI=1S/C19H30N6S.HI/c1-3-26-16-9-6-8-15(14-16)22-19(20-2)21-12-7-11-18-24-23-17-10-4-5-13-25(17)18;/h4-5,10,13,15-16H,3,6-9,11-12,14H2,1-2H3,(H2,20,21,22);1H. The molecule has 2 unspecified atom stereocenters. The van der Waals surface area contributed by atoms with Crippen LogP contribution in [0.1, 0.15) is 44.9 Å². The highest BCUT2D eigenvalue weighted by Gasteiger charge is 2.22. The molecule has 1 aliphatic carbocycles. The molecule has 0 aliphatic heterocycles. The van der Waals surface area contributed by atoms with Gasteiger partial charge in [0.1, 0.15) is 5.82 Å². The number of pyridine rings is 1. The van der Waals surface area contributed by atoms with Gasteiger partial charge >= 0.3 is 0 Å². The molecule has 0 bridgehead atoms. The van der Waals surface area contributed by atoms with Gasteiger partial charge in [0.05, 0.1) is 0 Å². The minimum Gasteiger partial charge on any atom is -0.356 e. The van der Waals surface area contributed by atoms with Crippen LogP contribution in [0.5, 0.6) is 0 Å². The van der Waals surface area contributed by atoms with Gasteiger partial charge in [-0.15, -0.1) is 34.2 Å². The first-order valence-electron chi connectivity index (χ1n) is 9.67. The van der Waals surface area contributed by atoms with Gasteiger partial charge in [0.2, 0.25) is 0 Å². The second kappa shape index (κ2) is 11.7. The highest BCUT2D eigenvalue weighted by Crippen LogP contribution is 2.28. The van der Waals surface area contributed by atoms with Crippen LogP contribution in [0.15, 0.2) is 29.4 Å². The van der Waals surface area contributed by atoms with Crippen LogP contribution in [0.3, 0.4) is 0 Å². The van der Waals surface area contributed by atoms with E-state index in [2.05, 4.69) is 48.9 Å². The predicted molar refractivity (Wildman–Crippen MR) is 125 cm³/mol. The lowest BCUT2D eigenvalue weighted by Crippen LogP contribution is -2.46. The Morgan fingerprint density at radius 3 is 3.04 bits per heavy atom. The molecule has 3 rings (SSSR count). The largest absolute Gasteiger partial charge is 0.356 e. The number of halogens is 1.